The molecule has 0 N–H and O–H groups in total. The minimum absolute atomic E-state index is 0.285. The van der Waals surface area contributed by atoms with E-state index >= 15 is 0 Å². The smallest absolute Gasteiger partial charge is 0.154 e. The molecule has 0 aliphatic carbocycles. The van der Waals surface area contributed by atoms with E-state index in [1.165, 1.54) is 0 Å². The van der Waals surface area contributed by atoms with Gasteiger partial charge in [0.2, 0.25) is 0 Å². The van der Waals surface area contributed by atoms with Gasteiger partial charge < -0.3 is 0 Å². The Kier molecular flexibility index (Phi) is 3.76. The van der Waals surface area contributed by atoms with Crippen LogP contribution in [0, 0.1) is 13.8 Å². The molecule has 0 aliphatic rings. The van der Waals surface area contributed by atoms with Crippen molar-refractivity contribution in [3.8, 4) is 5.82 Å². The van der Waals surface area contributed by atoms with Gasteiger partial charge in [-0.3, -0.25) is 0 Å². The zero-order valence-corrected chi connectivity index (χ0v) is 12.4. The standard InChI is InChI=1S/C11H10BrCl2N3/c1-6-11(12)7(2)17(16-6)10-4-3-8(14)9(5-13)15-10/h3-4H,5H2,1-2H3. The number of aromatic nitrogens is 3. The molecule has 0 atom stereocenters. The van der Waals surface area contributed by atoms with Gasteiger partial charge in [-0.05, 0) is 41.9 Å². The second kappa shape index (κ2) is 4.96. The number of halogens is 3. The number of nitrogens with zero attached hydrogens (tertiary/aromatic N) is 3. The number of hydrogen-bond donors (Lipinski definition) is 0. The van der Waals surface area contributed by atoms with E-state index in [1.54, 1.807) is 10.7 Å². The lowest BCUT2D eigenvalue weighted by atomic mass is 10.3. The van der Waals surface area contributed by atoms with Gasteiger partial charge in [0, 0.05) is 0 Å². The van der Waals surface area contributed by atoms with Crippen LogP contribution >= 0.6 is 39.1 Å². The topological polar surface area (TPSA) is 30.7 Å². The molecule has 6 heteroatoms. The molecular formula is C11H10BrCl2N3. The molecule has 0 unspecified atom stereocenters. The van der Waals surface area contributed by atoms with Gasteiger partial charge in [0.25, 0.3) is 0 Å². The molecule has 2 rings (SSSR count). The highest BCUT2D eigenvalue weighted by atomic mass is 79.9. The molecule has 2 heterocycles. The summed E-state index contributed by atoms with van der Waals surface area (Å²) in [4.78, 5) is 4.39. The molecule has 90 valence electrons. The van der Waals surface area contributed by atoms with Crippen LogP contribution in [0.2, 0.25) is 5.02 Å². The summed E-state index contributed by atoms with van der Waals surface area (Å²) < 4.78 is 2.76. The van der Waals surface area contributed by atoms with E-state index in [-0.39, 0.29) is 5.88 Å². The van der Waals surface area contributed by atoms with Crippen LogP contribution in [-0.4, -0.2) is 14.8 Å². The van der Waals surface area contributed by atoms with Crippen LogP contribution < -0.4 is 0 Å². The monoisotopic (exact) mass is 333 g/mol. The number of aryl methyl sites for hydroxylation is 1. The third kappa shape index (κ3) is 2.34. The largest absolute Gasteiger partial charge is 0.231 e. The van der Waals surface area contributed by atoms with Gasteiger partial charge in [-0.25, -0.2) is 9.67 Å². The third-order valence-electron chi connectivity index (χ3n) is 2.45. The molecule has 0 aliphatic heterocycles. The van der Waals surface area contributed by atoms with Crippen molar-refractivity contribution in [2.75, 3.05) is 0 Å². The van der Waals surface area contributed by atoms with Crippen molar-refractivity contribution in [2.24, 2.45) is 0 Å². The summed E-state index contributed by atoms with van der Waals surface area (Å²) in [7, 11) is 0. The molecule has 0 saturated carbocycles. The Hall–Kier alpha value is -0.580. The average molecular weight is 335 g/mol. The van der Waals surface area contributed by atoms with E-state index in [4.69, 9.17) is 23.2 Å². The Morgan fingerprint density at radius 1 is 1.35 bits per heavy atom. The number of pyridine rings is 1. The van der Waals surface area contributed by atoms with Gasteiger partial charge in [-0.2, -0.15) is 5.10 Å². The number of hydrogen-bond acceptors (Lipinski definition) is 2. The van der Waals surface area contributed by atoms with Crippen molar-refractivity contribution in [1.29, 1.82) is 0 Å². The van der Waals surface area contributed by atoms with Crippen LogP contribution in [0.4, 0.5) is 0 Å². The first-order chi connectivity index (χ1) is 8.04. The average Bonchev–Trinajstić information content (AvgIpc) is 2.58. The summed E-state index contributed by atoms with van der Waals surface area (Å²) in [6, 6.07) is 3.61. The van der Waals surface area contributed by atoms with Crippen molar-refractivity contribution >= 4 is 39.1 Å². The van der Waals surface area contributed by atoms with Crippen molar-refractivity contribution in [3.05, 3.63) is 38.7 Å². The van der Waals surface area contributed by atoms with Crippen LogP contribution in [0.15, 0.2) is 16.6 Å². The lowest BCUT2D eigenvalue weighted by molar-refractivity contribution is 0.800. The van der Waals surface area contributed by atoms with E-state index in [0.717, 1.165) is 21.7 Å². The molecule has 0 bridgehead atoms. The maximum Gasteiger partial charge on any atom is 0.154 e. The fraction of sp³-hybridized carbons (Fsp3) is 0.273. The molecular weight excluding hydrogens is 325 g/mol. The molecule has 2 aromatic rings. The Balaban J connectivity index is 2.57. The Morgan fingerprint density at radius 3 is 2.59 bits per heavy atom. The quantitative estimate of drug-likeness (QED) is 0.776. The Labute approximate surface area is 118 Å². The Bertz CT molecular complexity index is 566. The highest BCUT2D eigenvalue weighted by molar-refractivity contribution is 9.10. The second-order valence-electron chi connectivity index (χ2n) is 3.63. The van der Waals surface area contributed by atoms with Crippen LogP contribution in [0.5, 0.6) is 0 Å². The summed E-state index contributed by atoms with van der Waals surface area (Å²) in [6.07, 6.45) is 0. The van der Waals surface area contributed by atoms with Gasteiger partial charge in [0.15, 0.2) is 5.82 Å². The first-order valence-corrected chi connectivity index (χ1v) is 6.68. The third-order valence-corrected chi connectivity index (χ3v) is 4.20. The molecule has 0 radical (unpaired) electrons. The van der Waals surface area contributed by atoms with Crippen molar-refractivity contribution in [1.82, 2.24) is 14.8 Å². The minimum Gasteiger partial charge on any atom is -0.231 e. The fourth-order valence-electron chi connectivity index (χ4n) is 1.53. The molecule has 0 saturated heterocycles. The van der Waals surface area contributed by atoms with E-state index in [0.29, 0.717) is 10.7 Å². The maximum atomic E-state index is 5.97. The normalized spacial score (nSPS) is 10.9. The highest BCUT2D eigenvalue weighted by Gasteiger charge is 2.12. The molecule has 2 aromatic heterocycles. The van der Waals surface area contributed by atoms with E-state index in [9.17, 15) is 0 Å². The molecule has 0 aromatic carbocycles. The predicted molar refractivity (Wildman–Crippen MR) is 73.1 cm³/mol. The second-order valence-corrected chi connectivity index (χ2v) is 5.10. The molecule has 17 heavy (non-hydrogen) atoms. The predicted octanol–water partition coefficient (Wildman–Crippen LogP) is 4.04. The summed E-state index contributed by atoms with van der Waals surface area (Å²) in [5, 5.41) is 4.98. The van der Waals surface area contributed by atoms with Gasteiger partial charge in [-0.15, -0.1) is 11.6 Å². The zero-order chi connectivity index (χ0) is 12.6. The zero-order valence-electron chi connectivity index (χ0n) is 9.34. The number of rotatable bonds is 2. The van der Waals surface area contributed by atoms with E-state index in [1.807, 2.05) is 19.9 Å². The van der Waals surface area contributed by atoms with Crippen molar-refractivity contribution in [3.63, 3.8) is 0 Å². The van der Waals surface area contributed by atoms with Crippen LogP contribution in [0.3, 0.4) is 0 Å². The first kappa shape index (κ1) is 12.9. The van der Waals surface area contributed by atoms with Gasteiger partial charge in [0.1, 0.15) is 0 Å². The minimum atomic E-state index is 0.285. The summed E-state index contributed by atoms with van der Waals surface area (Å²) >= 11 is 15.2. The number of alkyl halides is 1. The lowest BCUT2D eigenvalue weighted by Crippen LogP contribution is -2.03. The van der Waals surface area contributed by atoms with Crippen LogP contribution in [0.1, 0.15) is 17.1 Å². The fourth-order valence-corrected chi connectivity index (χ4v) is 2.22. The highest BCUT2D eigenvalue weighted by Crippen LogP contribution is 2.24. The summed E-state index contributed by atoms with van der Waals surface area (Å²) in [5.74, 6) is 1.00. The van der Waals surface area contributed by atoms with Crippen LogP contribution in [0.25, 0.3) is 5.82 Å². The molecule has 0 fully saturated rings. The van der Waals surface area contributed by atoms with Crippen molar-refractivity contribution in [2.45, 2.75) is 19.7 Å². The molecule has 3 nitrogen and oxygen atoms in total. The summed E-state index contributed by atoms with van der Waals surface area (Å²) in [5.41, 5.74) is 2.58. The maximum absolute atomic E-state index is 5.97. The Morgan fingerprint density at radius 2 is 2.06 bits per heavy atom. The van der Waals surface area contributed by atoms with Gasteiger partial charge >= 0.3 is 0 Å². The summed E-state index contributed by atoms with van der Waals surface area (Å²) in [6.45, 7) is 3.91. The molecule has 0 amide bonds. The van der Waals surface area contributed by atoms with Crippen LogP contribution in [-0.2, 0) is 5.88 Å². The van der Waals surface area contributed by atoms with Gasteiger partial charge in [-0.1, -0.05) is 11.6 Å². The van der Waals surface area contributed by atoms with E-state index in [2.05, 4.69) is 26.0 Å². The SMILES string of the molecule is Cc1nn(-c2ccc(Cl)c(CCl)n2)c(C)c1Br. The van der Waals surface area contributed by atoms with Crippen molar-refractivity contribution < 1.29 is 0 Å². The molecule has 0 spiro atoms. The lowest BCUT2D eigenvalue weighted by Gasteiger charge is -2.06. The first-order valence-electron chi connectivity index (χ1n) is 4.98. The van der Waals surface area contributed by atoms with E-state index < -0.39 is 0 Å². The van der Waals surface area contributed by atoms with Gasteiger partial charge in [0.05, 0.1) is 32.5 Å².